The molecule has 90 valence electrons. The van der Waals surface area contributed by atoms with Crippen molar-refractivity contribution in [2.45, 2.75) is 19.9 Å². The predicted octanol–water partition coefficient (Wildman–Crippen LogP) is 1.30. The first-order valence-corrected chi connectivity index (χ1v) is 5.50. The average Bonchev–Trinajstić information content (AvgIpc) is 2.35. The second-order valence-corrected chi connectivity index (χ2v) is 4.20. The maximum atomic E-state index is 11.8. The van der Waals surface area contributed by atoms with E-state index in [0.29, 0.717) is 11.1 Å². The molecule has 1 unspecified atom stereocenters. The Bertz CT molecular complexity index is 418. The average molecular weight is 232 g/mol. The van der Waals surface area contributed by atoms with E-state index >= 15 is 0 Å². The largest absolute Gasteiger partial charge is 0.394 e. The van der Waals surface area contributed by atoms with Gasteiger partial charge in [0.1, 0.15) is 0 Å². The van der Waals surface area contributed by atoms with E-state index in [9.17, 15) is 4.79 Å². The first-order valence-electron chi connectivity index (χ1n) is 5.50. The van der Waals surface area contributed by atoms with Crippen molar-refractivity contribution in [3.05, 3.63) is 35.4 Å². The number of rotatable bonds is 4. The Labute approximate surface area is 101 Å². The van der Waals surface area contributed by atoms with Gasteiger partial charge in [-0.25, -0.2) is 0 Å². The summed E-state index contributed by atoms with van der Waals surface area (Å²) in [5, 5.41) is 20.5. The maximum absolute atomic E-state index is 11.8. The lowest BCUT2D eigenvalue weighted by Crippen LogP contribution is -2.41. The Morgan fingerprint density at radius 1 is 1.41 bits per heavy atom. The summed E-state index contributed by atoms with van der Waals surface area (Å²) in [6.07, 6.45) is 0. The van der Waals surface area contributed by atoms with Crippen molar-refractivity contribution in [3.63, 3.8) is 0 Å². The van der Waals surface area contributed by atoms with E-state index in [2.05, 4.69) is 5.32 Å². The molecule has 0 aliphatic heterocycles. The number of benzene rings is 1. The minimum atomic E-state index is -0.252. The lowest BCUT2D eigenvalue weighted by molar-refractivity contribution is 0.0897. The molecule has 0 bridgehead atoms. The number of nitrogens with one attached hydrogen (secondary N) is 1. The van der Waals surface area contributed by atoms with Crippen molar-refractivity contribution in [2.75, 3.05) is 6.61 Å². The van der Waals surface area contributed by atoms with Crippen molar-refractivity contribution in [1.29, 1.82) is 5.26 Å². The van der Waals surface area contributed by atoms with Gasteiger partial charge < -0.3 is 10.4 Å². The molecule has 4 nitrogen and oxygen atoms in total. The number of hydrogen-bond donors (Lipinski definition) is 2. The topological polar surface area (TPSA) is 73.1 Å². The second-order valence-electron chi connectivity index (χ2n) is 4.20. The van der Waals surface area contributed by atoms with E-state index < -0.39 is 0 Å². The van der Waals surface area contributed by atoms with Crippen LogP contribution in [-0.2, 0) is 0 Å². The van der Waals surface area contributed by atoms with Gasteiger partial charge in [-0.15, -0.1) is 0 Å². The number of hydrogen-bond acceptors (Lipinski definition) is 3. The lowest BCUT2D eigenvalue weighted by Gasteiger charge is -2.19. The molecular formula is C13H16N2O2. The van der Waals surface area contributed by atoms with Gasteiger partial charge in [0.25, 0.3) is 5.91 Å². The second kappa shape index (κ2) is 6.02. The summed E-state index contributed by atoms with van der Waals surface area (Å²) in [7, 11) is 0. The fraction of sp³-hybridized carbons (Fsp3) is 0.385. The van der Waals surface area contributed by atoms with Gasteiger partial charge in [-0.1, -0.05) is 13.8 Å². The quantitative estimate of drug-likeness (QED) is 0.822. The summed E-state index contributed by atoms with van der Waals surface area (Å²) < 4.78 is 0. The zero-order chi connectivity index (χ0) is 12.8. The molecule has 0 radical (unpaired) electrons. The van der Waals surface area contributed by atoms with Gasteiger partial charge in [0.2, 0.25) is 0 Å². The van der Waals surface area contributed by atoms with Crippen LogP contribution in [0, 0.1) is 17.2 Å². The molecule has 0 heterocycles. The SMILES string of the molecule is CC(C)C(CO)NC(=O)c1ccc(C#N)cc1. The highest BCUT2D eigenvalue weighted by atomic mass is 16.3. The van der Waals surface area contributed by atoms with Crippen molar-refractivity contribution >= 4 is 5.91 Å². The highest BCUT2D eigenvalue weighted by molar-refractivity contribution is 5.94. The van der Waals surface area contributed by atoms with E-state index in [-0.39, 0.29) is 24.5 Å². The Hall–Kier alpha value is -1.86. The highest BCUT2D eigenvalue weighted by Crippen LogP contribution is 2.06. The molecule has 1 aromatic rings. The van der Waals surface area contributed by atoms with Crippen molar-refractivity contribution < 1.29 is 9.90 Å². The van der Waals surface area contributed by atoms with Gasteiger partial charge in [0.05, 0.1) is 24.3 Å². The third-order valence-electron chi connectivity index (χ3n) is 2.59. The predicted molar refractivity (Wildman–Crippen MR) is 64.3 cm³/mol. The Balaban J connectivity index is 2.73. The van der Waals surface area contributed by atoms with Crippen LogP contribution in [-0.4, -0.2) is 23.7 Å². The Morgan fingerprint density at radius 2 is 2.00 bits per heavy atom. The van der Waals surface area contributed by atoms with Crippen LogP contribution >= 0.6 is 0 Å². The molecule has 0 aliphatic rings. The molecule has 4 heteroatoms. The van der Waals surface area contributed by atoms with Crippen LogP contribution in [0.15, 0.2) is 24.3 Å². The number of carbonyl (C=O) groups is 1. The Morgan fingerprint density at radius 3 is 2.41 bits per heavy atom. The first-order chi connectivity index (χ1) is 8.08. The van der Waals surface area contributed by atoms with Gasteiger partial charge in [-0.05, 0) is 30.2 Å². The summed E-state index contributed by atoms with van der Waals surface area (Å²) in [5.74, 6) is -0.0652. The summed E-state index contributed by atoms with van der Waals surface area (Å²) >= 11 is 0. The maximum Gasteiger partial charge on any atom is 0.251 e. The summed E-state index contributed by atoms with van der Waals surface area (Å²) in [6, 6.07) is 8.13. The van der Waals surface area contributed by atoms with Gasteiger partial charge in [-0.2, -0.15) is 5.26 Å². The minimum absolute atomic E-state index is 0.0836. The van der Waals surface area contributed by atoms with Gasteiger partial charge in [0, 0.05) is 5.56 Å². The zero-order valence-corrected chi connectivity index (χ0v) is 9.97. The molecular weight excluding hydrogens is 216 g/mol. The monoisotopic (exact) mass is 232 g/mol. The van der Waals surface area contributed by atoms with Crippen molar-refractivity contribution in [2.24, 2.45) is 5.92 Å². The molecule has 1 atom stereocenters. The highest BCUT2D eigenvalue weighted by Gasteiger charge is 2.15. The van der Waals surface area contributed by atoms with Gasteiger partial charge in [-0.3, -0.25) is 4.79 Å². The number of carbonyl (C=O) groups excluding carboxylic acids is 1. The van der Waals surface area contributed by atoms with Crippen LogP contribution in [0.5, 0.6) is 0 Å². The lowest BCUT2D eigenvalue weighted by atomic mass is 10.0. The van der Waals surface area contributed by atoms with Crippen LogP contribution in [0.1, 0.15) is 29.8 Å². The summed E-state index contributed by atoms with van der Waals surface area (Å²) in [4.78, 5) is 11.8. The minimum Gasteiger partial charge on any atom is -0.394 e. The fourth-order valence-electron chi connectivity index (χ4n) is 1.37. The molecule has 0 aliphatic carbocycles. The fourth-order valence-corrected chi connectivity index (χ4v) is 1.37. The molecule has 0 aromatic heterocycles. The number of aliphatic hydroxyl groups is 1. The number of nitriles is 1. The molecule has 0 spiro atoms. The third-order valence-corrected chi connectivity index (χ3v) is 2.59. The van der Waals surface area contributed by atoms with Crippen LogP contribution in [0.4, 0.5) is 0 Å². The van der Waals surface area contributed by atoms with Crippen molar-refractivity contribution in [1.82, 2.24) is 5.32 Å². The molecule has 1 aromatic carbocycles. The van der Waals surface area contributed by atoms with E-state index in [1.165, 1.54) is 0 Å². The molecule has 0 fully saturated rings. The molecule has 2 N–H and O–H groups in total. The molecule has 17 heavy (non-hydrogen) atoms. The van der Waals surface area contributed by atoms with Gasteiger partial charge >= 0.3 is 0 Å². The molecule has 1 rings (SSSR count). The van der Waals surface area contributed by atoms with Crippen molar-refractivity contribution in [3.8, 4) is 6.07 Å². The summed E-state index contributed by atoms with van der Waals surface area (Å²) in [5.41, 5.74) is 1.01. The summed E-state index contributed by atoms with van der Waals surface area (Å²) in [6.45, 7) is 3.78. The normalized spacial score (nSPS) is 11.9. The molecule has 0 saturated carbocycles. The number of aliphatic hydroxyl groups excluding tert-OH is 1. The van der Waals surface area contributed by atoms with Crippen LogP contribution in [0.2, 0.25) is 0 Å². The molecule has 0 saturated heterocycles. The van der Waals surface area contributed by atoms with E-state index in [4.69, 9.17) is 10.4 Å². The number of nitrogens with zero attached hydrogens (tertiary/aromatic N) is 1. The van der Waals surface area contributed by atoms with Crippen LogP contribution in [0.25, 0.3) is 0 Å². The van der Waals surface area contributed by atoms with E-state index in [1.54, 1.807) is 24.3 Å². The smallest absolute Gasteiger partial charge is 0.251 e. The van der Waals surface area contributed by atoms with Crippen LogP contribution in [0.3, 0.4) is 0 Å². The van der Waals surface area contributed by atoms with Crippen LogP contribution < -0.4 is 5.32 Å². The van der Waals surface area contributed by atoms with E-state index in [1.807, 2.05) is 19.9 Å². The van der Waals surface area contributed by atoms with E-state index in [0.717, 1.165) is 0 Å². The molecule has 1 amide bonds. The standard InChI is InChI=1S/C13H16N2O2/c1-9(2)12(8-16)15-13(17)11-5-3-10(7-14)4-6-11/h3-6,9,12,16H,8H2,1-2H3,(H,15,17). The Kier molecular flexibility index (Phi) is 4.68. The first kappa shape index (κ1) is 13.2. The van der Waals surface area contributed by atoms with Gasteiger partial charge in [0.15, 0.2) is 0 Å². The number of amides is 1. The third kappa shape index (κ3) is 3.58. The zero-order valence-electron chi connectivity index (χ0n) is 9.97.